The first-order valence-corrected chi connectivity index (χ1v) is 8.91. The number of benzene rings is 2. The second-order valence-corrected chi connectivity index (χ2v) is 7.74. The highest BCUT2D eigenvalue weighted by atomic mass is 35.5. The zero-order chi connectivity index (χ0) is 18.7. The van der Waals surface area contributed by atoms with Gasteiger partial charge in [-0.1, -0.05) is 11.6 Å². The van der Waals surface area contributed by atoms with Crippen molar-refractivity contribution in [2.45, 2.75) is 4.90 Å². The maximum Gasteiger partial charge on any atom is 0.144 e. The average Bonchev–Trinajstić information content (AvgIpc) is 2.60. The molecule has 4 nitrogen and oxygen atoms in total. The lowest BCUT2D eigenvalue weighted by Crippen LogP contribution is -2.58. The molecule has 8 heteroatoms. The Kier molecular flexibility index (Phi) is 5.68. The van der Waals surface area contributed by atoms with E-state index in [1.807, 2.05) is 4.31 Å². The Balaban J connectivity index is 1.56. The smallest absolute Gasteiger partial charge is 0.144 e. The molecule has 0 unspecified atom stereocenters. The number of aliphatic hydroxyl groups is 1. The molecule has 1 heterocycles. The molecule has 0 radical (unpaired) electrons. The van der Waals surface area contributed by atoms with Gasteiger partial charge in [-0.15, -0.1) is 0 Å². The number of halogens is 3. The molecule has 3 rings (SSSR count). The molecule has 1 fully saturated rings. The van der Waals surface area contributed by atoms with Crippen LogP contribution in [0.3, 0.4) is 0 Å². The largest absolute Gasteiger partial charge is 0.493 e. The summed E-state index contributed by atoms with van der Waals surface area (Å²) in [5, 5.41) is 18.5. The fraction of sp³-hybridized carbons (Fsp3) is 0.278. The van der Waals surface area contributed by atoms with E-state index in [-0.39, 0.29) is 23.8 Å². The molecule has 1 saturated heterocycles. The number of ether oxygens (including phenoxy) is 1. The van der Waals surface area contributed by atoms with Crippen molar-refractivity contribution < 1.29 is 18.6 Å². The molecule has 0 aromatic heterocycles. The van der Waals surface area contributed by atoms with E-state index >= 15 is 0 Å². The fourth-order valence-electron chi connectivity index (χ4n) is 2.60. The van der Waals surface area contributed by atoms with Crippen molar-refractivity contribution >= 4 is 23.5 Å². The van der Waals surface area contributed by atoms with Gasteiger partial charge in [0, 0.05) is 24.1 Å². The Labute approximate surface area is 159 Å². The van der Waals surface area contributed by atoms with Gasteiger partial charge in [0.15, 0.2) is 0 Å². The fourth-order valence-corrected chi connectivity index (χ4v) is 4.12. The van der Waals surface area contributed by atoms with Crippen LogP contribution >= 0.6 is 23.5 Å². The van der Waals surface area contributed by atoms with Crippen LogP contribution in [0.25, 0.3) is 0 Å². The molecule has 2 aromatic rings. The van der Waals surface area contributed by atoms with Crippen LogP contribution < -0.4 is 4.74 Å². The third-order valence-electron chi connectivity index (χ3n) is 4.09. The molecule has 0 amide bonds. The Bertz CT molecular complexity index is 854. The summed E-state index contributed by atoms with van der Waals surface area (Å²) in [7, 11) is 0. The van der Waals surface area contributed by atoms with Gasteiger partial charge in [-0.2, -0.15) is 5.26 Å². The quantitative estimate of drug-likeness (QED) is 0.751. The molecule has 0 atom stereocenters. The van der Waals surface area contributed by atoms with Crippen LogP contribution in [0.15, 0.2) is 41.3 Å². The minimum Gasteiger partial charge on any atom is -0.493 e. The summed E-state index contributed by atoms with van der Waals surface area (Å²) in [5.41, 5.74) is -0.500. The Morgan fingerprint density at radius 2 is 2.00 bits per heavy atom. The monoisotopic (exact) mass is 396 g/mol. The number of aliphatic hydroxyl groups excluding tert-OH is 1. The van der Waals surface area contributed by atoms with E-state index in [0.717, 1.165) is 11.0 Å². The zero-order valence-electron chi connectivity index (χ0n) is 13.6. The van der Waals surface area contributed by atoms with E-state index in [9.17, 15) is 13.9 Å². The van der Waals surface area contributed by atoms with Crippen LogP contribution in [-0.4, -0.2) is 35.7 Å². The summed E-state index contributed by atoms with van der Waals surface area (Å²) in [6.07, 6.45) is 0. The van der Waals surface area contributed by atoms with Gasteiger partial charge in [-0.3, -0.25) is 0 Å². The van der Waals surface area contributed by atoms with E-state index < -0.39 is 17.0 Å². The predicted molar refractivity (Wildman–Crippen MR) is 95.0 cm³/mol. The van der Waals surface area contributed by atoms with Gasteiger partial charge in [-0.05, 0) is 42.3 Å². The summed E-state index contributed by atoms with van der Waals surface area (Å²) >= 11 is 7.20. The van der Waals surface area contributed by atoms with Gasteiger partial charge in [0.05, 0.1) is 29.2 Å². The topological polar surface area (TPSA) is 56.5 Å². The Morgan fingerprint density at radius 3 is 2.62 bits per heavy atom. The van der Waals surface area contributed by atoms with Crippen molar-refractivity contribution in [3.05, 3.63) is 58.6 Å². The van der Waals surface area contributed by atoms with Gasteiger partial charge >= 0.3 is 0 Å². The summed E-state index contributed by atoms with van der Waals surface area (Å²) in [5.74, 6) is -0.792. The van der Waals surface area contributed by atoms with Crippen LogP contribution in [0.5, 0.6) is 5.75 Å². The van der Waals surface area contributed by atoms with Crippen LogP contribution in [0, 0.1) is 28.4 Å². The molecule has 1 N–H and O–H groups in total. The first kappa shape index (κ1) is 18.9. The van der Waals surface area contributed by atoms with Crippen molar-refractivity contribution in [1.29, 1.82) is 5.26 Å². The first-order valence-electron chi connectivity index (χ1n) is 7.76. The zero-order valence-corrected chi connectivity index (χ0v) is 15.2. The van der Waals surface area contributed by atoms with Crippen molar-refractivity contribution in [2.75, 3.05) is 26.3 Å². The number of nitriles is 1. The van der Waals surface area contributed by atoms with Gasteiger partial charge < -0.3 is 9.84 Å². The van der Waals surface area contributed by atoms with Gasteiger partial charge in [0.1, 0.15) is 23.5 Å². The molecular weight excluding hydrogens is 382 g/mol. The maximum absolute atomic E-state index is 13.6. The molecule has 1 aliphatic heterocycles. The second kappa shape index (κ2) is 7.80. The second-order valence-electron chi connectivity index (χ2n) is 6.17. The minimum absolute atomic E-state index is 0.0431. The molecule has 26 heavy (non-hydrogen) atoms. The van der Waals surface area contributed by atoms with Crippen molar-refractivity contribution in [3.8, 4) is 11.8 Å². The summed E-state index contributed by atoms with van der Waals surface area (Å²) < 4.78 is 34.4. The van der Waals surface area contributed by atoms with Crippen LogP contribution in [0.1, 0.15) is 5.56 Å². The number of rotatable bonds is 6. The number of nitrogens with zero attached hydrogens (tertiary/aromatic N) is 2. The lowest BCUT2D eigenvalue weighted by atomic mass is 9.83. The molecular formula is C18H15ClF2N2O2S. The highest BCUT2D eigenvalue weighted by Gasteiger charge is 2.44. The molecule has 1 aliphatic rings. The minimum atomic E-state index is -0.637. The lowest BCUT2D eigenvalue weighted by molar-refractivity contribution is -0.0227. The van der Waals surface area contributed by atoms with E-state index in [1.54, 1.807) is 18.2 Å². The molecule has 0 saturated carbocycles. The van der Waals surface area contributed by atoms with Crippen LogP contribution in [0.2, 0.25) is 5.02 Å². The Hall–Kier alpha value is -1.85. The standard InChI is InChI=1S/C18H15ClF2N2O2S/c19-15-6-14(3-4-16(15)20)26-23-8-18(9-23,10-24)11-25-13-2-1-12(7-22)17(21)5-13/h1-6,24H,8-11H2. The summed E-state index contributed by atoms with van der Waals surface area (Å²) in [4.78, 5) is 0.804. The average molecular weight is 397 g/mol. The molecule has 136 valence electrons. The third-order valence-corrected chi connectivity index (χ3v) is 5.36. The first-order chi connectivity index (χ1) is 12.4. The molecule has 0 bridgehead atoms. The van der Waals surface area contributed by atoms with Crippen molar-refractivity contribution in [1.82, 2.24) is 4.31 Å². The Morgan fingerprint density at radius 1 is 1.23 bits per heavy atom. The molecule has 2 aromatic carbocycles. The van der Waals surface area contributed by atoms with Crippen molar-refractivity contribution in [2.24, 2.45) is 5.41 Å². The van der Waals surface area contributed by atoms with Crippen LogP contribution in [0.4, 0.5) is 8.78 Å². The summed E-state index contributed by atoms with van der Waals surface area (Å²) in [6, 6.07) is 10.3. The molecule has 0 aliphatic carbocycles. The van der Waals surface area contributed by atoms with Gasteiger partial charge in [0.2, 0.25) is 0 Å². The highest BCUT2D eigenvalue weighted by Crippen LogP contribution is 2.39. The van der Waals surface area contributed by atoms with E-state index in [4.69, 9.17) is 21.6 Å². The van der Waals surface area contributed by atoms with E-state index in [2.05, 4.69) is 0 Å². The highest BCUT2D eigenvalue weighted by molar-refractivity contribution is 7.97. The lowest BCUT2D eigenvalue weighted by Gasteiger charge is -2.47. The number of hydrogen-bond acceptors (Lipinski definition) is 5. The van der Waals surface area contributed by atoms with Gasteiger partial charge in [-0.25, -0.2) is 13.1 Å². The van der Waals surface area contributed by atoms with Gasteiger partial charge in [0.25, 0.3) is 0 Å². The number of hydrogen-bond donors (Lipinski definition) is 1. The normalized spacial score (nSPS) is 16.0. The van der Waals surface area contributed by atoms with Crippen LogP contribution in [-0.2, 0) is 0 Å². The van der Waals surface area contributed by atoms with E-state index in [0.29, 0.717) is 18.8 Å². The predicted octanol–water partition coefficient (Wildman–Crippen LogP) is 3.87. The SMILES string of the molecule is N#Cc1ccc(OCC2(CO)CN(Sc3ccc(F)c(Cl)c3)C2)cc1F. The maximum atomic E-state index is 13.6. The third kappa shape index (κ3) is 4.10. The molecule has 0 spiro atoms. The van der Waals surface area contributed by atoms with Crippen molar-refractivity contribution in [3.63, 3.8) is 0 Å². The van der Waals surface area contributed by atoms with E-state index in [1.165, 1.54) is 30.1 Å². The summed E-state index contributed by atoms with van der Waals surface area (Å²) in [6.45, 7) is 1.26.